The lowest BCUT2D eigenvalue weighted by Crippen LogP contribution is -2.47. The Morgan fingerprint density at radius 1 is 1.46 bits per heavy atom. The number of nitrogens with one attached hydrogen (secondary N) is 2. The maximum atomic E-state index is 5.82. The van der Waals surface area contributed by atoms with Gasteiger partial charge in [0.15, 0.2) is 5.96 Å². The van der Waals surface area contributed by atoms with Crippen molar-refractivity contribution in [1.29, 1.82) is 0 Å². The molecule has 7 heteroatoms. The molecule has 7 nitrogen and oxygen atoms in total. The van der Waals surface area contributed by atoms with Gasteiger partial charge in [-0.1, -0.05) is 0 Å². The Kier molecular flexibility index (Phi) is 6.53. The molecule has 2 aliphatic rings. The molecule has 2 atom stereocenters. The Hall–Kier alpha value is -1.60. The highest BCUT2D eigenvalue weighted by Gasteiger charge is 2.23. The van der Waals surface area contributed by atoms with Gasteiger partial charge in [-0.25, -0.2) is 0 Å². The van der Waals surface area contributed by atoms with Crippen molar-refractivity contribution < 1.29 is 4.74 Å². The van der Waals surface area contributed by atoms with Crippen LogP contribution in [0.4, 0.5) is 0 Å². The summed E-state index contributed by atoms with van der Waals surface area (Å²) in [4.78, 5) is 7.08. The molecule has 1 aromatic heterocycles. The first-order valence-corrected chi connectivity index (χ1v) is 9.97. The molecule has 2 heterocycles. The number of hydrogen-bond donors (Lipinski definition) is 2. The topological polar surface area (TPSA) is 66.7 Å². The molecule has 1 saturated heterocycles. The van der Waals surface area contributed by atoms with Crippen molar-refractivity contribution in [2.75, 3.05) is 39.8 Å². The Morgan fingerprint density at radius 2 is 2.31 bits per heavy atom. The van der Waals surface area contributed by atoms with E-state index in [1.54, 1.807) is 0 Å². The molecule has 0 amide bonds. The number of fused-ring (bicyclic) bond motifs is 1. The maximum Gasteiger partial charge on any atom is 0.191 e. The van der Waals surface area contributed by atoms with Crippen LogP contribution in [0, 0.1) is 0 Å². The van der Waals surface area contributed by atoms with E-state index in [0.717, 1.165) is 51.5 Å². The van der Waals surface area contributed by atoms with E-state index < -0.39 is 0 Å². The average Bonchev–Trinajstić information content (AvgIpc) is 3.04. The van der Waals surface area contributed by atoms with Crippen LogP contribution >= 0.6 is 0 Å². The van der Waals surface area contributed by atoms with Crippen molar-refractivity contribution in [3.8, 4) is 0 Å². The molecule has 0 radical (unpaired) electrons. The number of aliphatic imine (C=N–C) groups is 1. The SMILES string of the molecule is CCNC(=NCC1CN(C)CCO1)NC1CCc2cn(C(C)C)nc2C1. The molecule has 0 aromatic carbocycles. The monoisotopic (exact) mass is 362 g/mol. The molecule has 1 fully saturated rings. The van der Waals surface area contributed by atoms with Crippen molar-refractivity contribution in [2.24, 2.45) is 4.99 Å². The molecule has 2 N–H and O–H groups in total. The van der Waals surface area contributed by atoms with Gasteiger partial charge in [0, 0.05) is 44.3 Å². The Balaban J connectivity index is 1.58. The van der Waals surface area contributed by atoms with Gasteiger partial charge in [0.2, 0.25) is 0 Å². The van der Waals surface area contributed by atoms with Crippen LogP contribution in [-0.4, -0.2) is 72.6 Å². The van der Waals surface area contributed by atoms with E-state index in [-0.39, 0.29) is 6.10 Å². The van der Waals surface area contributed by atoms with Gasteiger partial charge < -0.3 is 20.3 Å². The zero-order valence-electron chi connectivity index (χ0n) is 16.7. The molecular formula is C19H34N6O. The van der Waals surface area contributed by atoms with E-state index in [0.29, 0.717) is 18.6 Å². The van der Waals surface area contributed by atoms with E-state index >= 15 is 0 Å². The molecular weight excluding hydrogens is 328 g/mol. The van der Waals surface area contributed by atoms with Gasteiger partial charge in [0.25, 0.3) is 0 Å². The number of ether oxygens (including phenoxy) is 1. The lowest BCUT2D eigenvalue weighted by molar-refractivity contribution is -0.0136. The second kappa shape index (κ2) is 8.86. The molecule has 3 rings (SSSR count). The summed E-state index contributed by atoms with van der Waals surface area (Å²) in [5.41, 5.74) is 2.63. The minimum atomic E-state index is 0.184. The molecule has 0 saturated carbocycles. The lowest BCUT2D eigenvalue weighted by Gasteiger charge is -2.29. The molecule has 146 valence electrons. The molecule has 1 aliphatic heterocycles. The highest BCUT2D eigenvalue weighted by molar-refractivity contribution is 5.80. The zero-order valence-corrected chi connectivity index (χ0v) is 16.7. The van der Waals surface area contributed by atoms with Crippen molar-refractivity contribution in [3.63, 3.8) is 0 Å². The fourth-order valence-corrected chi connectivity index (χ4v) is 3.58. The predicted molar refractivity (Wildman–Crippen MR) is 105 cm³/mol. The zero-order chi connectivity index (χ0) is 18.5. The largest absolute Gasteiger partial charge is 0.374 e. The van der Waals surface area contributed by atoms with Crippen LogP contribution in [0.2, 0.25) is 0 Å². The molecule has 1 aliphatic carbocycles. The molecule has 1 aromatic rings. The third-order valence-corrected chi connectivity index (χ3v) is 5.11. The van der Waals surface area contributed by atoms with Crippen LogP contribution < -0.4 is 10.6 Å². The summed E-state index contributed by atoms with van der Waals surface area (Å²) in [6, 6.07) is 0.797. The normalized spacial score (nSPS) is 24.6. The summed E-state index contributed by atoms with van der Waals surface area (Å²) in [5.74, 6) is 0.890. The van der Waals surface area contributed by atoms with Crippen LogP contribution in [0.15, 0.2) is 11.2 Å². The summed E-state index contributed by atoms with van der Waals surface area (Å²) in [7, 11) is 2.14. The van der Waals surface area contributed by atoms with Gasteiger partial charge in [-0.05, 0) is 46.2 Å². The first-order valence-electron chi connectivity index (χ1n) is 9.97. The summed E-state index contributed by atoms with van der Waals surface area (Å²) < 4.78 is 7.91. The fraction of sp³-hybridized carbons (Fsp3) is 0.789. The van der Waals surface area contributed by atoms with Gasteiger partial charge in [-0.2, -0.15) is 5.10 Å². The minimum Gasteiger partial charge on any atom is -0.374 e. The van der Waals surface area contributed by atoms with E-state index in [4.69, 9.17) is 14.8 Å². The Bertz CT molecular complexity index is 611. The Morgan fingerprint density at radius 3 is 3.04 bits per heavy atom. The van der Waals surface area contributed by atoms with Crippen LogP contribution in [0.5, 0.6) is 0 Å². The highest BCUT2D eigenvalue weighted by Crippen LogP contribution is 2.21. The number of rotatable bonds is 5. The van der Waals surface area contributed by atoms with Crippen LogP contribution in [0.3, 0.4) is 0 Å². The summed E-state index contributed by atoms with van der Waals surface area (Å²) in [5, 5.41) is 11.8. The first kappa shape index (κ1) is 19.2. The third kappa shape index (κ3) is 4.98. The van der Waals surface area contributed by atoms with Gasteiger partial charge in [-0.15, -0.1) is 0 Å². The number of aryl methyl sites for hydroxylation is 1. The van der Waals surface area contributed by atoms with E-state index in [9.17, 15) is 0 Å². The van der Waals surface area contributed by atoms with Gasteiger partial charge >= 0.3 is 0 Å². The predicted octanol–water partition coefficient (Wildman–Crippen LogP) is 1.21. The smallest absolute Gasteiger partial charge is 0.191 e. The van der Waals surface area contributed by atoms with Gasteiger partial charge in [0.05, 0.1) is 24.9 Å². The number of morpholine rings is 1. The summed E-state index contributed by atoms with van der Waals surface area (Å²) in [6.45, 7) is 10.8. The highest BCUT2D eigenvalue weighted by atomic mass is 16.5. The number of nitrogens with zero attached hydrogens (tertiary/aromatic N) is 4. The van der Waals surface area contributed by atoms with E-state index in [2.05, 4.69) is 54.2 Å². The number of guanidine groups is 1. The van der Waals surface area contributed by atoms with E-state index in [1.807, 2.05) is 0 Å². The number of hydrogen-bond acceptors (Lipinski definition) is 4. The van der Waals surface area contributed by atoms with Crippen LogP contribution in [0.1, 0.15) is 44.5 Å². The molecule has 0 bridgehead atoms. The number of likely N-dealkylation sites (N-methyl/N-ethyl adjacent to an activating group) is 1. The second-order valence-electron chi connectivity index (χ2n) is 7.73. The Labute approximate surface area is 157 Å². The van der Waals surface area contributed by atoms with Crippen molar-refractivity contribution in [2.45, 2.75) is 58.2 Å². The summed E-state index contributed by atoms with van der Waals surface area (Å²) >= 11 is 0. The van der Waals surface area contributed by atoms with Crippen molar-refractivity contribution in [1.82, 2.24) is 25.3 Å². The van der Waals surface area contributed by atoms with Crippen LogP contribution in [0.25, 0.3) is 0 Å². The molecule has 26 heavy (non-hydrogen) atoms. The average molecular weight is 363 g/mol. The molecule has 0 spiro atoms. The van der Waals surface area contributed by atoms with Gasteiger partial charge in [0.1, 0.15) is 0 Å². The maximum absolute atomic E-state index is 5.82. The quantitative estimate of drug-likeness (QED) is 0.609. The third-order valence-electron chi connectivity index (χ3n) is 5.11. The van der Waals surface area contributed by atoms with Crippen molar-refractivity contribution >= 4 is 5.96 Å². The summed E-state index contributed by atoms with van der Waals surface area (Å²) in [6.07, 6.45) is 5.55. The van der Waals surface area contributed by atoms with Gasteiger partial charge in [-0.3, -0.25) is 9.67 Å². The molecule has 2 unspecified atom stereocenters. The fourth-order valence-electron chi connectivity index (χ4n) is 3.58. The number of aromatic nitrogens is 2. The first-order chi connectivity index (χ1) is 12.5. The van der Waals surface area contributed by atoms with E-state index in [1.165, 1.54) is 11.3 Å². The lowest BCUT2D eigenvalue weighted by atomic mass is 9.94. The van der Waals surface area contributed by atoms with Crippen molar-refractivity contribution in [3.05, 3.63) is 17.5 Å². The van der Waals surface area contributed by atoms with Crippen LogP contribution in [-0.2, 0) is 17.6 Å². The standard InChI is InChI=1S/C19H34N6O/c1-5-20-19(21-11-17-13-24(4)8-9-26-17)22-16-7-6-15-12-25(14(2)3)23-18(15)10-16/h12,14,16-17H,5-11,13H2,1-4H3,(H2,20,21,22). The second-order valence-corrected chi connectivity index (χ2v) is 7.73. The minimum absolute atomic E-state index is 0.184.